The predicted molar refractivity (Wildman–Crippen MR) is 129 cm³/mol. The predicted octanol–water partition coefficient (Wildman–Crippen LogP) is 4.85. The van der Waals surface area contributed by atoms with E-state index in [1.165, 1.54) is 29.2 Å². The molecule has 2 N–H and O–H groups in total. The minimum atomic E-state index is -0.432. The maximum absolute atomic E-state index is 14.1. The maximum atomic E-state index is 14.1. The summed E-state index contributed by atoms with van der Waals surface area (Å²) in [5, 5.41) is 12.9. The maximum Gasteiger partial charge on any atom is 0.321 e. The standard InChI is InChI=1S/C27H32FN3O2/c28-22-9-3-4-10-23(22)29-27(33)30-15-5-6-16-31-24(17-30)26(25(31)18-32)21-13-11-20(12-14-21)19-7-1-2-8-19/h3-4,7,9-14,24-26,32H,1-2,5-6,8,15-18H2,(H,29,33)/t24-,25-,26-/m1/s1. The van der Waals surface area contributed by atoms with Gasteiger partial charge in [-0.05, 0) is 67.5 Å². The van der Waals surface area contributed by atoms with Crippen LogP contribution in [0.3, 0.4) is 0 Å². The van der Waals surface area contributed by atoms with Crippen LogP contribution >= 0.6 is 0 Å². The summed E-state index contributed by atoms with van der Waals surface area (Å²) in [5.41, 5.74) is 4.14. The monoisotopic (exact) mass is 449 g/mol. The Morgan fingerprint density at radius 3 is 2.58 bits per heavy atom. The number of nitrogens with one attached hydrogen (secondary N) is 1. The largest absolute Gasteiger partial charge is 0.395 e. The number of para-hydroxylation sites is 1. The van der Waals surface area contributed by atoms with Gasteiger partial charge < -0.3 is 15.3 Å². The second kappa shape index (κ2) is 9.65. The van der Waals surface area contributed by atoms with Gasteiger partial charge in [-0.15, -0.1) is 0 Å². The molecule has 3 atom stereocenters. The molecule has 6 heteroatoms. The minimum absolute atomic E-state index is 0.0705. The Morgan fingerprint density at radius 2 is 1.85 bits per heavy atom. The Balaban J connectivity index is 1.34. The van der Waals surface area contributed by atoms with Crippen molar-refractivity contribution >= 4 is 17.3 Å². The van der Waals surface area contributed by atoms with Gasteiger partial charge in [-0.3, -0.25) is 4.90 Å². The van der Waals surface area contributed by atoms with Crippen molar-refractivity contribution in [3.05, 3.63) is 71.6 Å². The van der Waals surface area contributed by atoms with Crippen LogP contribution in [-0.2, 0) is 0 Å². The highest BCUT2D eigenvalue weighted by Crippen LogP contribution is 2.42. The van der Waals surface area contributed by atoms with E-state index in [9.17, 15) is 14.3 Å². The lowest BCUT2D eigenvalue weighted by atomic mass is 9.74. The molecule has 33 heavy (non-hydrogen) atoms. The molecule has 0 spiro atoms. The Bertz CT molecular complexity index is 1020. The molecule has 0 saturated carbocycles. The van der Waals surface area contributed by atoms with Gasteiger partial charge in [0, 0.05) is 31.1 Å². The lowest BCUT2D eigenvalue weighted by Crippen LogP contribution is -2.68. The van der Waals surface area contributed by atoms with Crippen molar-refractivity contribution < 1.29 is 14.3 Å². The van der Waals surface area contributed by atoms with E-state index in [1.54, 1.807) is 18.2 Å². The van der Waals surface area contributed by atoms with E-state index in [-0.39, 0.29) is 36.3 Å². The van der Waals surface area contributed by atoms with Gasteiger partial charge in [0.1, 0.15) is 5.82 Å². The van der Waals surface area contributed by atoms with Gasteiger partial charge >= 0.3 is 6.03 Å². The van der Waals surface area contributed by atoms with Crippen LogP contribution in [0.15, 0.2) is 54.6 Å². The zero-order chi connectivity index (χ0) is 22.8. The molecule has 2 aromatic carbocycles. The molecule has 0 aromatic heterocycles. The second-order valence-electron chi connectivity index (χ2n) is 9.39. The van der Waals surface area contributed by atoms with E-state index in [0.29, 0.717) is 13.1 Å². The van der Waals surface area contributed by atoms with E-state index >= 15 is 0 Å². The number of hydrogen-bond donors (Lipinski definition) is 2. The zero-order valence-electron chi connectivity index (χ0n) is 18.9. The normalized spacial score (nSPS) is 25.5. The van der Waals surface area contributed by atoms with Crippen LogP contribution in [-0.4, -0.2) is 59.3 Å². The van der Waals surface area contributed by atoms with E-state index in [0.717, 1.165) is 32.2 Å². The molecule has 2 amide bonds. The first-order chi connectivity index (χ1) is 16.2. The summed E-state index contributed by atoms with van der Waals surface area (Å²) in [5.74, 6) is -0.262. The van der Waals surface area contributed by atoms with Gasteiger partial charge in [-0.1, -0.05) is 42.5 Å². The average Bonchev–Trinajstić information content (AvgIpc) is 3.35. The summed E-state index contributed by atoms with van der Waals surface area (Å²) in [7, 11) is 0. The Hall–Kier alpha value is -2.70. The fourth-order valence-electron chi connectivity index (χ4n) is 5.73. The SMILES string of the molecule is O=C(Nc1ccccc1F)N1CCCCN2[C@H](CO)[C@H](c3ccc(C4=CCCC4)cc3)[C@H]2C1. The highest BCUT2D eigenvalue weighted by Gasteiger charge is 2.49. The topological polar surface area (TPSA) is 55.8 Å². The lowest BCUT2D eigenvalue weighted by molar-refractivity contribution is -0.0585. The third-order valence-corrected chi connectivity index (χ3v) is 7.48. The Labute approximate surface area is 194 Å². The van der Waals surface area contributed by atoms with E-state index < -0.39 is 5.82 Å². The van der Waals surface area contributed by atoms with Gasteiger partial charge in [-0.25, -0.2) is 9.18 Å². The number of carbonyl (C=O) groups is 1. The molecule has 1 aliphatic carbocycles. The molecule has 0 unspecified atom stereocenters. The molecule has 0 radical (unpaired) electrons. The lowest BCUT2D eigenvalue weighted by Gasteiger charge is -2.57. The number of aliphatic hydroxyl groups is 1. The van der Waals surface area contributed by atoms with E-state index in [1.807, 2.05) is 4.90 Å². The summed E-state index contributed by atoms with van der Waals surface area (Å²) in [6.07, 6.45) is 7.72. The minimum Gasteiger partial charge on any atom is -0.395 e. The van der Waals surface area contributed by atoms with Gasteiger partial charge in [0.2, 0.25) is 0 Å². The number of nitrogens with zero attached hydrogens (tertiary/aromatic N) is 2. The summed E-state index contributed by atoms with van der Waals surface area (Å²) in [4.78, 5) is 17.2. The average molecular weight is 450 g/mol. The van der Waals surface area contributed by atoms with Gasteiger partial charge in [0.05, 0.1) is 12.3 Å². The van der Waals surface area contributed by atoms with Crippen LogP contribution in [0.4, 0.5) is 14.9 Å². The number of rotatable bonds is 4. The smallest absolute Gasteiger partial charge is 0.321 e. The molecule has 2 aromatic rings. The molecule has 3 aliphatic rings. The third-order valence-electron chi connectivity index (χ3n) is 7.48. The van der Waals surface area contributed by atoms with Gasteiger partial charge in [0.15, 0.2) is 0 Å². The summed E-state index contributed by atoms with van der Waals surface area (Å²) >= 11 is 0. The Morgan fingerprint density at radius 1 is 1.06 bits per heavy atom. The Kier molecular flexibility index (Phi) is 6.47. The van der Waals surface area contributed by atoms with Gasteiger partial charge in [0.25, 0.3) is 0 Å². The molecule has 2 heterocycles. The summed E-state index contributed by atoms with van der Waals surface area (Å²) in [6.45, 7) is 2.25. The highest BCUT2D eigenvalue weighted by atomic mass is 19.1. The van der Waals surface area contributed by atoms with Crippen molar-refractivity contribution in [2.75, 3.05) is 31.6 Å². The number of carbonyl (C=O) groups excluding carboxylic acids is 1. The first kappa shape index (κ1) is 22.1. The molecule has 2 aliphatic heterocycles. The number of allylic oxidation sites excluding steroid dienone is 2. The van der Waals surface area contributed by atoms with Crippen molar-refractivity contribution in [1.82, 2.24) is 9.80 Å². The van der Waals surface area contributed by atoms with E-state index in [4.69, 9.17) is 0 Å². The molecule has 5 nitrogen and oxygen atoms in total. The molecule has 5 rings (SSSR count). The van der Waals surface area contributed by atoms with Crippen LogP contribution in [0.25, 0.3) is 5.57 Å². The van der Waals surface area contributed by atoms with Crippen LogP contribution in [0.5, 0.6) is 0 Å². The molecule has 174 valence electrons. The molecule has 2 fully saturated rings. The summed E-state index contributed by atoms with van der Waals surface area (Å²) < 4.78 is 14.1. The van der Waals surface area contributed by atoms with Crippen molar-refractivity contribution in [2.24, 2.45) is 0 Å². The molecule has 2 saturated heterocycles. The molecule has 0 bridgehead atoms. The second-order valence-corrected chi connectivity index (χ2v) is 9.39. The first-order valence-corrected chi connectivity index (χ1v) is 12.1. The number of amides is 2. The van der Waals surface area contributed by atoms with Crippen molar-refractivity contribution in [2.45, 2.75) is 50.1 Å². The molecular weight excluding hydrogens is 417 g/mol. The third kappa shape index (κ3) is 4.42. The number of aliphatic hydroxyl groups excluding tert-OH is 1. The van der Waals surface area contributed by atoms with Crippen molar-refractivity contribution in [3.8, 4) is 0 Å². The van der Waals surface area contributed by atoms with Crippen molar-refractivity contribution in [1.29, 1.82) is 0 Å². The summed E-state index contributed by atoms with van der Waals surface area (Å²) in [6, 6.07) is 15.0. The number of halogens is 1. The quantitative estimate of drug-likeness (QED) is 0.702. The van der Waals surface area contributed by atoms with Crippen LogP contribution in [0.2, 0.25) is 0 Å². The fraction of sp³-hybridized carbons (Fsp3) is 0.444. The number of benzene rings is 2. The van der Waals surface area contributed by atoms with Crippen LogP contribution < -0.4 is 5.32 Å². The van der Waals surface area contributed by atoms with E-state index in [2.05, 4.69) is 40.6 Å². The fourth-order valence-corrected chi connectivity index (χ4v) is 5.73. The number of urea groups is 1. The zero-order valence-corrected chi connectivity index (χ0v) is 18.9. The first-order valence-electron chi connectivity index (χ1n) is 12.1. The van der Waals surface area contributed by atoms with Gasteiger partial charge in [-0.2, -0.15) is 0 Å². The molecular formula is C27H32FN3O2. The number of fused-ring (bicyclic) bond motifs is 1. The number of anilines is 1. The number of hydrogen-bond acceptors (Lipinski definition) is 3. The van der Waals surface area contributed by atoms with Crippen LogP contribution in [0, 0.1) is 5.82 Å². The van der Waals surface area contributed by atoms with Crippen LogP contribution in [0.1, 0.15) is 49.1 Å². The van der Waals surface area contributed by atoms with Crippen molar-refractivity contribution in [3.63, 3.8) is 0 Å². The highest BCUT2D eigenvalue weighted by molar-refractivity contribution is 5.89.